The first-order valence-electron chi connectivity index (χ1n) is 7.17. The number of carbonyl (C=O) groups is 1. The minimum absolute atomic E-state index is 0.420. The molecular weight excluding hydrogens is 268 g/mol. The number of aliphatic hydroxyl groups is 1. The van der Waals surface area contributed by atoms with Crippen LogP contribution in [0.4, 0.5) is 0 Å². The molecule has 1 saturated heterocycles. The van der Waals surface area contributed by atoms with Crippen molar-refractivity contribution in [1.82, 2.24) is 4.90 Å². The second kappa shape index (κ2) is 5.50. The molecule has 112 valence electrons. The van der Waals surface area contributed by atoms with Gasteiger partial charge in [-0.3, -0.25) is 9.69 Å². The highest BCUT2D eigenvalue weighted by atomic mass is 16.5. The molecule has 1 aliphatic carbocycles. The third-order valence-corrected chi connectivity index (χ3v) is 4.36. The Morgan fingerprint density at radius 3 is 3.05 bits per heavy atom. The number of likely N-dealkylation sites (tertiary alicyclic amines) is 1. The molecule has 0 spiro atoms. The zero-order valence-corrected chi connectivity index (χ0v) is 12.1. The van der Waals surface area contributed by atoms with E-state index in [1.807, 2.05) is 18.2 Å². The number of piperidine rings is 1. The summed E-state index contributed by atoms with van der Waals surface area (Å²) in [5.41, 5.74) is 9.02. The average Bonchev–Trinajstić information content (AvgIpc) is 2.46. The Morgan fingerprint density at radius 2 is 2.33 bits per heavy atom. The molecule has 21 heavy (non-hydrogen) atoms. The summed E-state index contributed by atoms with van der Waals surface area (Å²) in [5, 5.41) is 9.83. The predicted octanol–water partition coefficient (Wildman–Crippen LogP) is 0.717. The molecule has 0 radical (unpaired) electrons. The van der Waals surface area contributed by atoms with Gasteiger partial charge in [0.1, 0.15) is 5.75 Å². The fraction of sp³-hybridized carbons (Fsp3) is 0.438. The number of carbonyl (C=O) groups excluding carboxylic acids is 1. The van der Waals surface area contributed by atoms with Crippen LogP contribution >= 0.6 is 0 Å². The van der Waals surface area contributed by atoms with Crippen LogP contribution in [-0.2, 0) is 4.79 Å². The summed E-state index contributed by atoms with van der Waals surface area (Å²) in [6, 6.07) is 6.03. The molecule has 1 aromatic rings. The van der Waals surface area contributed by atoms with Gasteiger partial charge in [-0.1, -0.05) is 6.07 Å². The van der Waals surface area contributed by atoms with E-state index >= 15 is 0 Å². The van der Waals surface area contributed by atoms with E-state index in [2.05, 4.69) is 11.0 Å². The van der Waals surface area contributed by atoms with E-state index in [4.69, 9.17) is 10.5 Å². The zero-order valence-electron chi connectivity index (χ0n) is 12.1. The number of ether oxygens (including phenoxy) is 1. The first kappa shape index (κ1) is 14.1. The van der Waals surface area contributed by atoms with Crippen molar-refractivity contribution < 1.29 is 14.6 Å². The first-order chi connectivity index (χ1) is 10.1. The number of rotatable bonds is 4. The molecule has 1 aromatic carbocycles. The number of benzene rings is 1. The molecule has 0 bridgehead atoms. The van der Waals surface area contributed by atoms with Gasteiger partial charge in [-0.2, -0.15) is 0 Å². The van der Waals surface area contributed by atoms with E-state index in [0.717, 1.165) is 18.8 Å². The molecule has 2 unspecified atom stereocenters. The minimum Gasteiger partial charge on any atom is -0.497 e. The Balaban J connectivity index is 1.67. The van der Waals surface area contributed by atoms with Gasteiger partial charge in [0.15, 0.2) is 0 Å². The zero-order chi connectivity index (χ0) is 15.0. The number of hydrogen-bond acceptors (Lipinski definition) is 4. The molecule has 1 heterocycles. The van der Waals surface area contributed by atoms with Crippen LogP contribution in [0.25, 0.3) is 11.6 Å². The SMILES string of the molecule is COc1ccc2c(c1)C(CN1CCC(O)C(C(N)=O)C1)=C2. The van der Waals surface area contributed by atoms with E-state index in [1.165, 1.54) is 16.7 Å². The van der Waals surface area contributed by atoms with Crippen molar-refractivity contribution in [3.63, 3.8) is 0 Å². The molecule has 1 fully saturated rings. The molecule has 5 heteroatoms. The molecule has 0 aromatic heterocycles. The third-order valence-electron chi connectivity index (χ3n) is 4.36. The van der Waals surface area contributed by atoms with Gasteiger partial charge in [0, 0.05) is 19.6 Å². The van der Waals surface area contributed by atoms with Crippen LogP contribution < -0.4 is 10.5 Å². The van der Waals surface area contributed by atoms with Crippen LogP contribution in [0.15, 0.2) is 18.2 Å². The summed E-state index contributed by atoms with van der Waals surface area (Å²) in [6.45, 7) is 2.07. The van der Waals surface area contributed by atoms with Crippen LogP contribution in [0.5, 0.6) is 5.75 Å². The molecular formula is C16H20N2O3. The van der Waals surface area contributed by atoms with Crippen molar-refractivity contribution in [3.8, 4) is 5.75 Å². The second-order valence-electron chi connectivity index (χ2n) is 5.72. The van der Waals surface area contributed by atoms with Gasteiger partial charge in [0.2, 0.25) is 5.91 Å². The topological polar surface area (TPSA) is 75.8 Å². The quantitative estimate of drug-likeness (QED) is 0.856. The molecule has 0 saturated carbocycles. The highest BCUT2D eigenvalue weighted by Gasteiger charge is 2.32. The Labute approximate surface area is 124 Å². The van der Waals surface area contributed by atoms with Crippen molar-refractivity contribution in [2.75, 3.05) is 26.7 Å². The summed E-state index contributed by atoms with van der Waals surface area (Å²) >= 11 is 0. The molecule has 3 N–H and O–H groups in total. The van der Waals surface area contributed by atoms with Crippen molar-refractivity contribution >= 4 is 17.6 Å². The lowest BCUT2D eigenvalue weighted by atomic mass is 9.87. The van der Waals surface area contributed by atoms with Gasteiger partial charge in [-0.15, -0.1) is 0 Å². The number of fused-ring (bicyclic) bond motifs is 1. The highest BCUT2D eigenvalue weighted by molar-refractivity contribution is 5.96. The highest BCUT2D eigenvalue weighted by Crippen LogP contribution is 2.36. The Morgan fingerprint density at radius 1 is 1.52 bits per heavy atom. The van der Waals surface area contributed by atoms with Crippen molar-refractivity contribution in [2.45, 2.75) is 12.5 Å². The molecule has 5 nitrogen and oxygen atoms in total. The van der Waals surface area contributed by atoms with Crippen molar-refractivity contribution in [2.24, 2.45) is 11.7 Å². The summed E-state index contributed by atoms with van der Waals surface area (Å²) in [5.74, 6) is -0.0375. The van der Waals surface area contributed by atoms with Crippen molar-refractivity contribution in [3.05, 3.63) is 29.3 Å². The summed E-state index contributed by atoms with van der Waals surface area (Å²) in [4.78, 5) is 13.5. The van der Waals surface area contributed by atoms with Gasteiger partial charge < -0.3 is 15.6 Å². The Hall–Kier alpha value is -1.85. The average molecular weight is 288 g/mol. The lowest BCUT2D eigenvalue weighted by Crippen LogP contribution is -2.49. The number of nitrogens with zero attached hydrogens (tertiary/aromatic N) is 1. The predicted molar refractivity (Wildman–Crippen MR) is 80.6 cm³/mol. The molecule has 1 aliphatic heterocycles. The van der Waals surface area contributed by atoms with Crippen LogP contribution in [0.2, 0.25) is 0 Å². The number of nitrogens with two attached hydrogens (primary N) is 1. The second-order valence-corrected chi connectivity index (χ2v) is 5.72. The standard InChI is InChI=1S/C16H20N2O3/c1-21-12-3-2-10-6-11(13(10)7-12)8-18-5-4-15(19)14(9-18)16(17)20/h2-3,6-7,14-15,19H,4-5,8-9H2,1H3,(H2,17,20). The maximum Gasteiger partial charge on any atom is 0.224 e. The Kier molecular flexibility index (Phi) is 3.69. The minimum atomic E-state index is -0.610. The maximum absolute atomic E-state index is 11.4. The summed E-state index contributed by atoms with van der Waals surface area (Å²) in [7, 11) is 1.66. The van der Waals surface area contributed by atoms with Gasteiger partial charge in [0.25, 0.3) is 0 Å². The Bertz CT molecular complexity index is 597. The smallest absolute Gasteiger partial charge is 0.224 e. The van der Waals surface area contributed by atoms with E-state index in [-0.39, 0.29) is 0 Å². The van der Waals surface area contributed by atoms with Crippen LogP contribution in [0.1, 0.15) is 17.5 Å². The largest absolute Gasteiger partial charge is 0.497 e. The fourth-order valence-electron chi connectivity index (χ4n) is 3.06. The summed E-state index contributed by atoms with van der Waals surface area (Å²) < 4.78 is 5.25. The van der Waals surface area contributed by atoms with Crippen LogP contribution in [0, 0.1) is 5.92 Å². The van der Waals surface area contributed by atoms with Gasteiger partial charge in [0.05, 0.1) is 19.1 Å². The fourth-order valence-corrected chi connectivity index (χ4v) is 3.06. The monoisotopic (exact) mass is 288 g/mol. The van der Waals surface area contributed by atoms with Gasteiger partial charge in [-0.05, 0) is 41.3 Å². The maximum atomic E-state index is 11.4. The normalized spacial score (nSPS) is 24.8. The van der Waals surface area contributed by atoms with Crippen molar-refractivity contribution in [1.29, 1.82) is 0 Å². The number of amides is 1. The number of primary amides is 1. The molecule has 1 amide bonds. The van der Waals surface area contributed by atoms with Crippen LogP contribution in [-0.4, -0.2) is 48.8 Å². The van der Waals surface area contributed by atoms with E-state index in [9.17, 15) is 9.90 Å². The summed E-state index contributed by atoms with van der Waals surface area (Å²) in [6.07, 6.45) is 2.13. The molecule has 2 aliphatic rings. The van der Waals surface area contributed by atoms with Crippen LogP contribution in [0.3, 0.4) is 0 Å². The third kappa shape index (κ3) is 2.66. The van der Waals surface area contributed by atoms with E-state index in [1.54, 1.807) is 7.11 Å². The lowest BCUT2D eigenvalue weighted by molar-refractivity contribution is -0.128. The van der Waals surface area contributed by atoms with E-state index in [0.29, 0.717) is 13.0 Å². The number of hydrogen-bond donors (Lipinski definition) is 2. The molecule has 3 rings (SSSR count). The number of aliphatic hydroxyl groups excluding tert-OH is 1. The first-order valence-corrected chi connectivity index (χ1v) is 7.17. The van der Waals surface area contributed by atoms with E-state index < -0.39 is 17.9 Å². The number of methoxy groups -OCH3 is 1. The molecule has 2 atom stereocenters. The lowest BCUT2D eigenvalue weighted by Gasteiger charge is -2.36. The van der Waals surface area contributed by atoms with Gasteiger partial charge in [-0.25, -0.2) is 0 Å². The van der Waals surface area contributed by atoms with Gasteiger partial charge >= 0.3 is 0 Å².